The summed E-state index contributed by atoms with van der Waals surface area (Å²) in [5.41, 5.74) is 0.378. The minimum absolute atomic E-state index is 0.257. The zero-order chi connectivity index (χ0) is 14.9. The van der Waals surface area contributed by atoms with Gasteiger partial charge in [-0.15, -0.1) is 11.6 Å². The average Bonchev–Trinajstić information content (AvgIpc) is 2.40. The van der Waals surface area contributed by atoms with Gasteiger partial charge in [-0.05, 0) is 51.3 Å². The van der Waals surface area contributed by atoms with Crippen molar-refractivity contribution >= 4 is 27.5 Å². The molecule has 0 spiro atoms. The molecule has 0 aliphatic heterocycles. The summed E-state index contributed by atoms with van der Waals surface area (Å²) in [5.74, 6) is -0.426. The molecule has 0 fully saturated rings. The van der Waals surface area contributed by atoms with Crippen LogP contribution in [0.15, 0.2) is 46.9 Å². The Balaban J connectivity index is 2.29. The van der Waals surface area contributed by atoms with Crippen LogP contribution >= 0.6 is 27.5 Å². The summed E-state index contributed by atoms with van der Waals surface area (Å²) >= 11 is 9.24. The summed E-state index contributed by atoms with van der Waals surface area (Å²) in [7, 11) is 0. The third-order valence-electron chi connectivity index (χ3n) is 2.77. The van der Waals surface area contributed by atoms with Crippen molar-refractivity contribution in [3.8, 4) is 0 Å². The molecule has 6 heteroatoms. The Morgan fingerprint density at radius 2 is 1.50 bits per heavy atom. The van der Waals surface area contributed by atoms with Crippen molar-refractivity contribution in [1.82, 2.24) is 0 Å². The number of hydrogen-bond acceptors (Lipinski definition) is 0. The van der Waals surface area contributed by atoms with Gasteiger partial charge in [-0.3, -0.25) is 0 Å². The molecular formula is C14H8BrClF4. The van der Waals surface area contributed by atoms with E-state index in [1.54, 1.807) is 0 Å². The zero-order valence-electron chi connectivity index (χ0n) is 9.89. The molecule has 1 unspecified atom stereocenters. The average molecular weight is 368 g/mol. The lowest BCUT2D eigenvalue weighted by Crippen LogP contribution is -2.05. The molecule has 0 aliphatic rings. The van der Waals surface area contributed by atoms with E-state index in [4.69, 9.17) is 11.6 Å². The predicted octanol–water partition coefficient (Wildman–Crippen LogP) is 5.94. The van der Waals surface area contributed by atoms with Gasteiger partial charge in [0.2, 0.25) is 0 Å². The van der Waals surface area contributed by atoms with Gasteiger partial charge in [-0.1, -0.05) is 18.2 Å². The highest BCUT2D eigenvalue weighted by Gasteiger charge is 2.30. The van der Waals surface area contributed by atoms with Crippen molar-refractivity contribution in [2.75, 3.05) is 0 Å². The molecule has 0 aliphatic carbocycles. The van der Waals surface area contributed by atoms with Gasteiger partial charge < -0.3 is 0 Å². The lowest BCUT2D eigenvalue weighted by atomic mass is 10.0. The summed E-state index contributed by atoms with van der Waals surface area (Å²) in [5, 5.41) is -0.644. The van der Waals surface area contributed by atoms with E-state index in [-0.39, 0.29) is 4.47 Å². The Morgan fingerprint density at radius 1 is 0.950 bits per heavy atom. The van der Waals surface area contributed by atoms with E-state index < -0.39 is 22.9 Å². The van der Waals surface area contributed by atoms with E-state index in [0.29, 0.717) is 11.1 Å². The Morgan fingerprint density at radius 3 is 2.00 bits per heavy atom. The van der Waals surface area contributed by atoms with Crippen LogP contribution in [0.25, 0.3) is 0 Å². The summed E-state index contributed by atoms with van der Waals surface area (Å²) < 4.78 is 50.8. The quantitative estimate of drug-likeness (QED) is 0.455. The fourth-order valence-electron chi connectivity index (χ4n) is 1.70. The van der Waals surface area contributed by atoms with E-state index in [0.717, 1.165) is 12.1 Å². The van der Waals surface area contributed by atoms with Crippen LogP contribution in [0.2, 0.25) is 0 Å². The lowest BCUT2D eigenvalue weighted by Gasteiger charge is -2.13. The lowest BCUT2D eigenvalue weighted by molar-refractivity contribution is -0.137. The molecular weight excluding hydrogens is 360 g/mol. The molecule has 20 heavy (non-hydrogen) atoms. The first kappa shape index (κ1) is 15.3. The highest BCUT2D eigenvalue weighted by Crippen LogP contribution is 2.34. The van der Waals surface area contributed by atoms with Crippen LogP contribution in [-0.2, 0) is 6.18 Å². The maximum Gasteiger partial charge on any atom is 0.416 e. The molecule has 106 valence electrons. The summed E-state index contributed by atoms with van der Waals surface area (Å²) in [6.45, 7) is 0. The van der Waals surface area contributed by atoms with Gasteiger partial charge in [0.25, 0.3) is 0 Å². The molecule has 0 radical (unpaired) electrons. The molecule has 0 saturated carbocycles. The number of halogens is 6. The van der Waals surface area contributed by atoms with Crippen LogP contribution in [0.1, 0.15) is 22.1 Å². The molecule has 0 amide bonds. The van der Waals surface area contributed by atoms with Crippen molar-refractivity contribution in [3.63, 3.8) is 0 Å². The SMILES string of the molecule is Fc1ccc(C(Cl)c2ccc(C(F)(F)F)cc2)cc1Br. The second-order valence-electron chi connectivity index (χ2n) is 4.16. The third-order valence-corrected chi connectivity index (χ3v) is 3.88. The van der Waals surface area contributed by atoms with Gasteiger partial charge in [0.15, 0.2) is 0 Å². The summed E-state index contributed by atoms with van der Waals surface area (Å²) in [6, 6.07) is 8.83. The van der Waals surface area contributed by atoms with Crippen LogP contribution in [-0.4, -0.2) is 0 Å². The van der Waals surface area contributed by atoms with Crippen molar-refractivity contribution in [1.29, 1.82) is 0 Å². The van der Waals surface area contributed by atoms with Crippen molar-refractivity contribution in [2.45, 2.75) is 11.6 Å². The maximum absolute atomic E-state index is 13.1. The van der Waals surface area contributed by atoms with E-state index in [2.05, 4.69) is 15.9 Å². The second kappa shape index (κ2) is 5.74. The standard InChI is InChI=1S/C14H8BrClF4/c15-11-7-9(3-6-12(11)17)13(16)8-1-4-10(5-2-8)14(18,19)20/h1-7,13H. The number of benzene rings is 2. The van der Waals surface area contributed by atoms with Gasteiger partial charge in [0, 0.05) is 0 Å². The van der Waals surface area contributed by atoms with Crippen LogP contribution in [0, 0.1) is 5.82 Å². The Labute approximate surface area is 126 Å². The normalized spacial score (nSPS) is 13.3. The minimum Gasteiger partial charge on any atom is -0.206 e. The molecule has 0 aromatic heterocycles. The van der Waals surface area contributed by atoms with Gasteiger partial charge in [0.05, 0.1) is 15.4 Å². The molecule has 0 N–H and O–H groups in total. The highest BCUT2D eigenvalue weighted by atomic mass is 79.9. The summed E-state index contributed by atoms with van der Waals surface area (Å²) in [6.07, 6.45) is -4.38. The van der Waals surface area contributed by atoms with Crippen LogP contribution in [0.5, 0.6) is 0 Å². The fraction of sp³-hybridized carbons (Fsp3) is 0.143. The molecule has 0 nitrogen and oxygen atoms in total. The van der Waals surface area contributed by atoms with E-state index in [1.807, 2.05) is 0 Å². The van der Waals surface area contributed by atoms with Crippen molar-refractivity contribution in [2.24, 2.45) is 0 Å². The van der Waals surface area contributed by atoms with Crippen LogP contribution in [0.3, 0.4) is 0 Å². The van der Waals surface area contributed by atoms with E-state index in [9.17, 15) is 17.6 Å². The number of rotatable bonds is 2. The van der Waals surface area contributed by atoms with E-state index in [1.165, 1.54) is 30.3 Å². The zero-order valence-corrected chi connectivity index (χ0v) is 12.2. The first-order valence-electron chi connectivity index (χ1n) is 5.55. The van der Waals surface area contributed by atoms with E-state index >= 15 is 0 Å². The smallest absolute Gasteiger partial charge is 0.206 e. The van der Waals surface area contributed by atoms with Gasteiger partial charge in [0.1, 0.15) is 5.82 Å². The first-order chi connectivity index (χ1) is 9.29. The van der Waals surface area contributed by atoms with Gasteiger partial charge in [-0.2, -0.15) is 13.2 Å². The third kappa shape index (κ3) is 3.33. The van der Waals surface area contributed by atoms with Gasteiger partial charge >= 0.3 is 6.18 Å². The van der Waals surface area contributed by atoms with Crippen LogP contribution < -0.4 is 0 Å². The van der Waals surface area contributed by atoms with Crippen molar-refractivity contribution in [3.05, 3.63) is 69.4 Å². The topological polar surface area (TPSA) is 0 Å². The molecule has 2 rings (SSSR count). The Kier molecular flexibility index (Phi) is 4.39. The number of hydrogen-bond donors (Lipinski definition) is 0. The maximum atomic E-state index is 13.1. The van der Waals surface area contributed by atoms with Crippen LogP contribution in [0.4, 0.5) is 17.6 Å². The monoisotopic (exact) mass is 366 g/mol. The Hall–Kier alpha value is -1.07. The largest absolute Gasteiger partial charge is 0.416 e. The highest BCUT2D eigenvalue weighted by molar-refractivity contribution is 9.10. The predicted molar refractivity (Wildman–Crippen MR) is 73.2 cm³/mol. The van der Waals surface area contributed by atoms with Crippen molar-refractivity contribution < 1.29 is 17.6 Å². The summed E-state index contributed by atoms with van der Waals surface area (Å²) in [4.78, 5) is 0. The second-order valence-corrected chi connectivity index (χ2v) is 5.45. The van der Waals surface area contributed by atoms with Gasteiger partial charge in [-0.25, -0.2) is 4.39 Å². The molecule has 0 saturated heterocycles. The molecule has 2 aromatic rings. The molecule has 0 heterocycles. The first-order valence-corrected chi connectivity index (χ1v) is 6.78. The molecule has 0 bridgehead atoms. The Bertz CT molecular complexity index is 608. The number of alkyl halides is 4. The minimum atomic E-state index is -4.38. The molecule has 1 atom stereocenters. The molecule has 2 aromatic carbocycles. The fourth-order valence-corrected chi connectivity index (χ4v) is 2.38.